The molecule has 6 nitrogen and oxygen atoms in total. The van der Waals surface area contributed by atoms with Crippen molar-refractivity contribution in [1.29, 1.82) is 0 Å². The predicted molar refractivity (Wildman–Crippen MR) is 95.8 cm³/mol. The van der Waals surface area contributed by atoms with Crippen LogP contribution < -0.4 is 4.90 Å². The number of para-hydroxylation sites is 1. The zero-order chi connectivity index (χ0) is 17.1. The van der Waals surface area contributed by atoms with E-state index in [1.54, 1.807) is 24.3 Å². The molecule has 0 spiro atoms. The third kappa shape index (κ3) is 3.19. The summed E-state index contributed by atoms with van der Waals surface area (Å²) in [5, 5.41) is 16.2. The summed E-state index contributed by atoms with van der Waals surface area (Å²) in [5.74, 6) is -1.40. The van der Waals surface area contributed by atoms with E-state index < -0.39 is 11.3 Å². The number of amides is 1. The Kier molecular flexibility index (Phi) is 4.68. The second kappa shape index (κ2) is 6.90. The average Bonchev–Trinajstić information content (AvgIpc) is 2.87. The van der Waals surface area contributed by atoms with E-state index in [-0.39, 0.29) is 17.2 Å². The molecule has 1 saturated heterocycles. The second-order valence-electron chi connectivity index (χ2n) is 4.78. The van der Waals surface area contributed by atoms with Gasteiger partial charge >= 0.3 is 5.97 Å². The monoisotopic (exact) mass is 357 g/mol. The lowest BCUT2D eigenvalue weighted by Crippen LogP contribution is -2.30. The number of thioether (sulfide) groups is 1. The minimum absolute atomic E-state index is 0.0270. The van der Waals surface area contributed by atoms with Gasteiger partial charge in [0.2, 0.25) is 5.37 Å². The van der Waals surface area contributed by atoms with Crippen molar-refractivity contribution in [2.24, 2.45) is 10.2 Å². The first kappa shape index (κ1) is 16.3. The van der Waals surface area contributed by atoms with E-state index in [4.69, 9.17) is 17.3 Å². The Labute approximate surface area is 147 Å². The van der Waals surface area contributed by atoms with Crippen molar-refractivity contribution in [3.63, 3.8) is 0 Å². The fourth-order valence-corrected chi connectivity index (χ4v) is 3.40. The molecule has 1 N–H and O–H groups in total. The minimum atomic E-state index is -1.10. The summed E-state index contributed by atoms with van der Waals surface area (Å²) in [6.07, 6.45) is 0. The van der Waals surface area contributed by atoms with Crippen LogP contribution in [0.25, 0.3) is 0 Å². The lowest BCUT2D eigenvalue weighted by Gasteiger charge is -2.14. The number of hydrogen-bond acceptors (Lipinski definition) is 6. The van der Waals surface area contributed by atoms with Gasteiger partial charge in [-0.25, -0.2) is 4.79 Å². The lowest BCUT2D eigenvalue weighted by atomic mass is 10.2. The van der Waals surface area contributed by atoms with E-state index in [0.717, 1.165) is 11.8 Å². The fourth-order valence-electron chi connectivity index (χ4n) is 2.14. The molecule has 24 heavy (non-hydrogen) atoms. The Bertz CT molecular complexity index is 839. The lowest BCUT2D eigenvalue weighted by molar-refractivity contribution is -0.116. The van der Waals surface area contributed by atoms with Gasteiger partial charge in [-0.05, 0) is 24.3 Å². The third-order valence-electron chi connectivity index (χ3n) is 3.25. The van der Waals surface area contributed by atoms with E-state index in [9.17, 15) is 9.59 Å². The van der Waals surface area contributed by atoms with E-state index in [1.807, 2.05) is 18.2 Å². The molecule has 1 amide bonds. The molecule has 0 aliphatic carbocycles. The van der Waals surface area contributed by atoms with E-state index in [2.05, 4.69) is 10.2 Å². The van der Waals surface area contributed by atoms with Crippen molar-refractivity contribution in [3.05, 3.63) is 60.2 Å². The number of anilines is 1. The van der Waals surface area contributed by atoms with Crippen molar-refractivity contribution in [2.45, 2.75) is 5.37 Å². The zero-order valence-electron chi connectivity index (χ0n) is 12.2. The van der Waals surface area contributed by atoms with Crippen LogP contribution in [0.2, 0.25) is 0 Å². The first-order chi connectivity index (χ1) is 11.6. The highest BCUT2D eigenvalue weighted by Crippen LogP contribution is 2.33. The molecule has 120 valence electrons. The molecule has 0 radical (unpaired) electrons. The van der Waals surface area contributed by atoms with Crippen molar-refractivity contribution in [2.75, 3.05) is 4.90 Å². The maximum Gasteiger partial charge on any atom is 0.337 e. The van der Waals surface area contributed by atoms with Gasteiger partial charge in [0.1, 0.15) is 4.32 Å². The molecule has 2 aromatic carbocycles. The molecule has 0 saturated carbocycles. The molecule has 0 aromatic heterocycles. The van der Waals surface area contributed by atoms with Crippen LogP contribution in [0.3, 0.4) is 0 Å². The summed E-state index contributed by atoms with van der Waals surface area (Å²) in [6, 6.07) is 15.3. The molecule has 1 aliphatic heterocycles. The number of hydrogen-bond donors (Lipinski definition) is 1. The van der Waals surface area contributed by atoms with Gasteiger partial charge in [-0.3, -0.25) is 9.69 Å². The number of nitrogens with zero attached hydrogens (tertiary/aromatic N) is 3. The Morgan fingerprint density at radius 1 is 1.12 bits per heavy atom. The van der Waals surface area contributed by atoms with Crippen LogP contribution in [0, 0.1) is 0 Å². The van der Waals surface area contributed by atoms with Gasteiger partial charge in [-0.15, -0.1) is 0 Å². The predicted octanol–water partition coefficient (Wildman–Crippen LogP) is 3.86. The van der Waals surface area contributed by atoms with Crippen LogP contribution in [0.4, 0.5) is 11.4 Å². The summed E-state index contributed by atoms with van der Waals surface area (Å²) in [4.78, 5) is 25.1. The highest BCUT2D eigenvalue weighted by Gasteiger charge is 2.38. The number of aromatic carboxylic acids is 1. The van der Waals surface area contributed by atoms with Crippen LogP contribution in [0.5, 0.6) is 0 Å². The summed E-state index contributed by atoms with van der Waals surface area (Å²) in [7, 11) is 0. The highest BCUT2D eigenvalue weighted by atomic mass is 32.2. The number of thiocarbonyl (C=S) groups is 1. The smallest absolute Gasteiger partial charge is 0.337 e. The van der Waals surface area contributed by atoms with E-state index in [0.29, 0.717) is 10.0 Å². The quantitative estimate of drug-likeness (QED) is 0.664. The molecular formula is C16H11N3O3S2. The molecule has 1 fully saturated rings. The molecule has 2 aromatic rings. The average molecular weight is 357 g/mol. The van der Waals surface area contributed by atoms with Crippen LogP contribution in [-0.4, -0.2) is 26.7 Å². The van der Waals surface area contributed by atoms with Gasteiger partial charge in [0.15, 0.2) is 0 Å². The number of benzene rings is 2. The van der Waals surface area contributed by atoms with Gasteiger partial charge in [0.25, 0.3) is 5.91 Å². The first-order valence-corrected chi connectivity index (χ1v) is 8.19. The van der Waals surface area contributed by atoms with Crippen LogP contribution in [-0.2, 0) is 4.79 Å². The van der Waals surface area contributed by atoms with Gasteiger partial charge in [-0.2, -0.15) is 10.2 Å². The fraction of sp³-hybridized carbons (Fsp3) is 0.0625. The summed E-state index contributed by atoms with van der Waals surface area (Å²) in [6.45, 7) is 0. The molecule has 1 aliphatic rings. The summed E-state index contributed by atoms with van der Waals surface area (Å²) in [5.41, 5.74) is 0.894. The molecule has 8 heteroatoms. The molecule has 0 bridgehead atoms. The SMILES string of the molecule is O=C(O)c1ccccc1N=N[C@@H]1SC(=S)N(c2ccccc2)C1=O. The Morgan fingerprint density at radius 3 is 2.50 bits per heavy atom. The Hall–Kier alpha value is -2.58. The van der Waals surface area contributed by atoms with E-state index in [1.165, 1.54) is 17.0 Å². The number of carboxylic acid groups (broad SMARTS) is 1. The van der Waals surface area contributed by atoms with Crippen molar-refractivity contribution < 1.29 is 14.7 Å². The van der Waals surface area contributed by atoms with Gasteiger partial charge in [0.05, 0.1) is 16.9 Å². The number of carbonyl (C=O) groups excluding carboxylic acids is 1. The van der Waals surface area contributed by atoms with E-state index >= 15 is 0 Å². The molecule has 0 unspecified atom stereocenters. The van der Waals surface area contributed by atoms with Crippen LogP contribution in [0.15, 0.2) is 64.8 Å². The third-order valence-corrected chi connectivity index (χ3v) is 4.62. The Balaban J connectivity index is 1.84. The summed E-state index contributed by atoms with van der Waals surface area (Å²) >= 11 is 6.36. The molecule has 1 heterocycles. The number of carboxylic acids is 1. The maximum atomic E-state index is 12.5. The largest absolute Gasteiger partial charge is 0.478 e. The van der Waals surface area contributed by atoms with Gasteiger partial charge in [0, 0.05) is 0 Å². The van der Waals surface area contributed by atoms with Gasteiger partial charge in [-0.1, -0.05) is 54.3 Å². The first-order valence-electron chi connectivity index (χ1n) is 6.91. The standard InChI is InChI=1S/C16H11N3O3S2/c20-14-13(18-17-12-9-5-4-8-11(12)15(21)22)24-16(23)19(14)10-6-2-1-3-7-10/h1-9,13H,(H,21,22)/t13-/m1/s1. The topological polar surface area (TPSA) is 82.3 Å². The highest BCUT2D eigenvalue weighted by molar-refractivity contribution is 8.25. The zero-order valence-corrected chi connectivity index (χ0v) is 13.8. The van der Waals surface area contributed by atoms with Gasteiger partial charge < -0.3 is 5.11 Å². The minimum Gasteiger partial charge on any atom is -0.478 e. The Morgan fingerprint density at radius 2 is 1.79 bits per heavy atom. The van der Waals surface area contributed by atoms with Crippen LogP contribution >= 0.6 is 24.0 Å². The summed E-state index contributed by atoms with van der Waals surface area (Å²) < 4.78 is 0.390. The van der Waals surface area contributed by atoms with Crippen molar-refractivity contribution >= 4 is 51.6 Å². The number of azo groups is 1. The number of rotatable bonds is 4. The van der Waals surface area contributed by atoms with Crippen molar-refractivity contribution in [1.82, 2.24) is 0 Å². The normalized spacial score (nSPS) is 17.7. The maximum absolute atomic E-state index is 12.5. The second-order valence-corrected chi connectivity index (χ2v) is 6.50. The van der Waals surface area contributed by atoms with Crippen molar-refractivity contribution in [3.8, 4) is 0 Å². The number of carbonyl (C=O) groups is 2. The molecule has 3 rings (SSSR count). The molecular weight excluding hydrogens is 346 g/mol. The molecule has 1 atom stereocenters. The van der Waals surface area contributed by atoms with Crippen LogP contribution in [0.1, 0.15) is 10.4 Å².